The third kappa shape index (κ3) is 2.19. The fraction of sp³-hybridized carbons (Fsp3) is 0.556. The van der Waals surface area contributed by atoms with Gasteiger partial charge in [0.15, 0.2) is 4.17 Å². The van der Waals surface area contributed by atoms with Gasteiger partial charge in [-0.2, -0.15) is 0 Å². The molecule has 0 radical (unpaired) electrons. The summed E-state index contributed by atoms with van der Waals surface area (Å²) in [6, 6.07) is 0. The van der Waals surface area contributed by atoms with Crippen molar-refractivity contribution < 1.29 is 9.59 Å². The molecule has 2 unspecified atom stereocenters. The van der Waals surface area contributed by atoms with E-state index in [0.717, 1.165) is 10.7 Å². The van der Waals surface area contributed by atoms with Crippen LogP contribution in [0.5, 0.6) is 0 Å². The summed E-state index contributed by atoms with van der Waals surface area (Å²) in [5.74, 6) is -1.60. The lowest BCUT2D eigenvalue weighted by Crippen LogP contribution is -2.31. The summed E-state index contributed by atoms with van der Waals surface area (Å²) in [5, 5.41) is 0. The van der Waals surface area contributed by atoms with Crippen molar-refractivity contribution >= 4 is 65.0 Å². The zero-order valence-corrected chi connectivity index (χ0v) is 12.3. The molecule has 0 aromatic rings. The molecule has 8 heteroatoms. The Hall–Kier alpha value is 0.390. The SMILES string of the molecule is O=C1C2C=CCCC2C(=O)N1S(Cl)(Cl)C(Cl)Cl. The van der Waals surface area contributed by atoms with Gasteiger partial charge in [0, 0.05) is 8.64 Å². The highest BCUT2D eigenvalue weighted by Crippen LogP contribution is 2.69. The van der Waals surface area contributed by atoms with E-state index in [1.807, 2.05) is 6.08 Å². The lowest BCUT2D eigenvalue weighted by Gasteiger charge is -2.34. The Morgan fingerprint density at radius 2 is 1.94 bits per heavy atom. The van der Waals surface area contributed by atoms with Gasteiger partial charge in [0.05, 0.1) is 11.8 Å². The van der Waals surface area contributed by atoms with E-state index in [-0.39, 0.29) is 11.8 Å². The first-order valence-corrected chi connectivity index (χ1v) is 9.09. The topological polar surface area (TPSA) is 37.4 Å². The largest absolute Gasteiger partial charge is 0.273 e. The molecule has 0 N–H and O–H groups in total. The predicted octanol–water partition coefficient (Wildman–Crippen LogP) is 3.73. The van der Waals surface area contributed by atoms with E-state index in [2.05, 4.69) is 0 Å². The van der Waals surface area contributed by atoms with E-state index in [9.17, 15) is 9.59 Å². The lowest BCUT2D eigenvalue weighted by atomic mass is 9.86. The van der Waals surface area contributed by atoms with Crippen LogP contribution in [0.3, 0.4) is 0 Å². The first-order chi connectivity index (χ1) is 7.87. The quantitative estimate of drug-likeness (QED) is 0.437. The maximum absolute atomic E-state index is 12.1. The number of amides is 2. The maximum atomic E-state index is 12.1. The Labute approximate surface area is 119 Å². The molecule has 0 aromatic carbocycles. The van der Waals surface area contributed by atoms with E-state index in [0.29, 0.717) is 6.42 Å². The van der Waals surface area contributed by atoms with Gasteiger partial charge in [-0.05, 0) is 34.2 Å². The fourth-order valence-corrected chi connectivity index (χ4v) is 4.27. The van der Waals surface area contributed by atoms with Gasteiger partial charge in [-0.25, -0.2) is 4.31 Å². The number of carbonyl (C=O) groups is 2. The maximum Gasteiger partial charge on any atom is 0.247 e. The van der Waals surface area contributed by atoms with Gasteiger partial charge in [0.25, 0.3) is 0 Å². The summed E-state index contributed by atoms with van der Waals surface area (Å²) in [7, 11) is 9.10. The van der Waals surface area contributed by atoms with Crippen molar-refractivity contribution in [3.8, 4) is 0 Å². The smallest absolute Gasteiger partial charge is 0.247 e. The van der Waals surface area contributed by atoms with E-state index in [1.54, 1.807) is 6.08 Å². The van der Waals surface area contributed by atoms with Crippen LogP contribution < -0.4 is 0 Å². The molecule has 2 atom stereocenters. The van der Waals surface area contributed by atoms with Crippen LogP contribution in [0, 0.1) is 11.8 Å². The van der Waals surface area contributed by atoms with Gasteiger partial charge < -0.3 is 0 Å². The second-order valence-corrected chi connectivity index (χ2v) is 10.6. The molecule has 3 nitrogen and oxygen atoms in total. The van der Waals surface area contributed by atoms with Crippen molar-refractivity contribution in [1.29, 1.82) is 0 Å². The Kier molecular flexibility index (Phi) is 3.91. The van der Waals surface area contributed by atoms with Crippen LogP contribution in [0.1, 0.15) is 12.8 Å². The van der Waals surface area contributed by atoms with Crippen LogP contribution in [0.25, 0.3) is 0 Å². The average Bonchev–Trinajstić information content (AvgIpc) is 2.52. The van der Waals surface area contributed by atoms with Gasteiger partial charge >= 0.3 is 0 Å². The highest BCUT2D eigenvalue weighted by Gasteiger charge is 2.54. The van der Waals surface area contributed by atoms with Gasteiger partial charge in [-0.3, -0.25) is 9.59 Å². The van der Waals surface area contributed by atoms with E-state index in [4.69, 9.17) is 44.6 Å². The molecule has 2 rings (SSSR count). The van der Waals surface area contributed by atoms with Gasteiger partial charge in [-0.15, -0.1) is 0 Å². The number of carbonyl (C=O) groups excluding carboxylic acids is 2. The van der Waals surface area contributed by atoms with Gasteiger partial charge in [0.2, 0.25) is 11.8 Å². The molecule has 0 bridgehead atoms. The zero-order valence-electron chi connectivity index (χ0n) is 8.48. The summed E-state index contributed by atoms with van der Waals surface area (Å²) in [6.45, 7) is 0. The predicted molar refractivity (Wildman–Crippen MR) is 72.0 cm³/mol. The first kappa shape index (κ1) is 13.8. The van der Waals surface area contributed by atoms with Gasteiger partial charge in [0.1, 0.15) is 0 Å². The Morgan fingerprint density at radius 3 is 2.47 bits per heavy atom. The van der Waals surface area contributed by atoms with Crippen LogP contribution in [-0.4, -0.2) is 20.3 Å². The minimum atomic E-state index is -2.86. The molecule has 2 aliphatic rings. The minimum Gasteiger partial charge on any atom is -0.273 e. The average molecular weight is 337 g/mol. The number of allylic oxidation sites excluding steroid dienone is 1. The van der Waals surface area contributed by atoms with Crippen LogP contribution in [-0.2, 0) is 9.59 Å². The summed E-state index contributed by atoms with van der Waals surface area (Å²) in [5.41, 5.74) is 0. The molecule has 1 heterocycles. The fourth-order valence-electron chi connectivity index (χ4n) is 2.08. The third-order valence-electron chi connectivity index (χ3n) is 2.88. The molecule has 0 spiro atoms. The number of nitrogens with zero attached hydrogens (tertiary/aromatic N) is 1. The molecular formula is C9H9Cl4NO2S. The second-order valence-electron chi connectivity index (χ2n) is 3.85. The molecule has 2 amide bonds. The zero-order chi connectivity index (χ0) is 12.8. The number of imide groups is 1. The molecule has 0 aromatic heterocycles. The van der Waals surface area contributed by atoms with Crippen molar-refractivity contribution in [1.82, 2.24) is 4.31 Å². The van der Waals surface area contributed by atoms with Crippen LogP contribution >= 0.6 is 53.2 Å². The number of rotatable bonds is 2. The van der Waals surface area contributed by atoms with E-state index < -0.39 is 24.6 Å². The standard InChI is InChI=1S/C9H9Cl4NO2S/c10-9(11)17(12,13)14-7(15)5-3-1-2-4-6(5)8(14)16/h1,3,5-6,9H,2,4H2. The van der Waals surface area contributed by atoms with Crippen molar-refractivity contribution in [3.63, 3.8) is 0 Å². The molecule has 1 aliphatic carbocycles. The van der Waals surface area contributed by atoms with Crippen LogP contribution in [0.2, 0.25) is 0 Å². The van der Waals surface area contributed by atoms with Crippen molar-refractivity contribution in [2.24, 2.45) is 11.8 Å². The molecular weight excluding hydrogens is 328 g/mol. The summed E-state index contributed by atoms with van der Waals surface area (Å²) in [4.78, 5) is 24.2. The molecule has 96 valence electrons. The molecule has 1 fully saturated rings. The van der Waals surface area contributed by atoms with E-state index >= 15 is 0 Å². The number of alkyl halides is 2. The Balaban J connectivity index is 2.35. The second kappa shape index (κ2) is 4.82. The molecule has 1 aliphatic heterocycles. The number of hydrogen-bond donors (Lipinski definition) is 0. The normalized spacial score (nSPS) is 30.1. The first-order valence-electron chi connectivity index (χ1n) is 4.91. The number of fused-ring (bicyclic) bond motifs is 1. The van der Waals surface area contributed by atoms with Crippen LogP contribution in [0.4, 0.5) is 0 Å². The summed E-state index contributed by atoms with van der Waals surface area (Å²) in [6.07, 6.45) is 5.01. The Morgan fingerprint density at radius 1 is 1.29 bits per heavy atom. The molecule has 0 saturated carbocycles. The summed E-state index contributed by atoms with van der Waals surface area (Å²) >= 11 is 11.3. The summed E-state index contributed by atoms with van der Waals surface area (Å²) < 4.78 is -0.311. The molecule has 1 saturated heterocycles. The third-order valence-corrected chi connectivity index (χ3v) is 8.70. The van der Waals surface area contributed by atoms with E-state index in [1.165, 1.54) is 0 Å². The number of hydrogen-bond acceptors (Lipinski definition) is 2. The molecule has 17 heavy (non-hydrogen) atoms. The van der Waals surface area contributed by atoms with Crippen LogP contribution in [0.15, 0.2) is 12.2 Å². The van der Waals surface area contributed by atoms with Crippen molar-refractivity contribution in [3.05, 3.63) is 12.2 Å². The minimum absolute atomic E-state index is 0.365. The highest BCUT2D eigenvalue weighted by atomic mass is 36.0. The Bertz CT molecular complexity index is 398. The van der Waals surface area contributed by atoms with Crippen molar-refractivity contribution in [2.45, 2.75) is 17.0 Å². The highest BCUT2D eigenvalue weighted by molar-refractivity contribution is 8.66. The number of halogens is 4. The van der Waals surface area contributed by atoms with Crippen molar-refractivity contribution in [2.75, 3.05) is 0 Å². The van der Waals surface area contributed by atoms with Gasteiger partial charge in [-0.1, -0.05) is 35.4 Å². The lowest BCUT2D eigenvalue weighted by molar-refractivity contribution is -0.133. The monoisotopic (exact) mass is 335 g/mol.